The van der Waals surface area contributed by atoms with Gasteiger partial charge >= 0.3 is 5.97 Å². The van der Waals surface area contributed by atoms with Crippen molar-refractivity contribution in [3.63, 3.8) is 0 Å². The summed E-state index contributed by atoms with van der Waals surface area (Å²) in [6, 6.07) is 1.33. The number of hydrogen-bond donors (Lipinski definition) is 2. The van der Waals surface area contributed by atoms with Crippen LogP contribution in [0.15, 0.2) is 16.7 Å². The number of rotatable bonds is 6. The fourth-order valence-electron chi connectivity index (χ4n) is 2.07. The molecule has 1 atom stereocenters. The number of nitrogens with zero attached hydrogens (tertiary/aromatic N) is 1. The Morgan fingerprint density at radius 3 is 2.52 bits per heavy atom. The molecule has 0 aliphatic carbocycles. The van der Waals surface area contributed by atoms with Gasteiger partial charge in [-0.05, 0) is 33.8 Å². The molecule has 21 heavy (non-hydrogen) atoms. The summed E-state index contributed by atoms with van der Waals surface area (Å²) in [5.74, 6) is -1.16. The van der Waals surface area contributed by atoms with Crippen LogP contribution in [0.1, 0.15) is 51.0 Å². The van der Waals surface area contributed by atoms with Crippen LogP contribution in [0, 0.1) is 5.41 Å². The van der Waals surface area contributed by atoms with Gasteiger partial charge in [0.15, 0.2) is 0 Å². The molecule has 0 fully saturated rings. The molecule has 0 saturated carbocycles. The maximum atomic E-state index is 12.4. The second kappa shape index (κ2) is 7.11. The highest BCUT2D eigenvalue weighted by molar-refractivity contribution is 9.10. The molecule has 1 aromatic rings. The molecular formula is C15H23BrN2O3. The van der Waals surface area contributed by atoms with Crippen molar-refractivity contribution in [2.45, 2.75) is 53.1 Å². The average molecular weight is 359 g/mol. The molecule has 0 radical (unpaired) electrons. The molecule has 1 rings (SSSR count). The van der Waals surface area contributed by atoms with Crippen molar-refractivity contribution >= 4 is 27.8 Å². The monoisotopic (exact) mass is 358 g/mol. The molecule has 1 heterocycles. The number of carboxylic acids is 1. The smallest absolute Gasteiger partial charge is 0.305 e. The second-order valence-electron chi connectivity index (χ2n) is 6.23. The van der Waals surface area contributed by atoms with Gasteiger partial charge in [0.05, 0.1) is 6.42 Å². The number of carbonyl (C=O) groups excluding carboxylic acids is 1. The Hall–Kier alpha value is -1.30. The molecule has 118 valence electrons. The zero-order valence-electron chi connectivity index (χ0n) is 12.9. The highest BCUT2D eigenvalue weighted by Gasteiger charge is 2.29. The lowest BCUT2D eigenvalue weighted by Gasteiger charge is -2.30. The normalized spacial score (nSPS) is 13.0. The predicted molar refractivity (Wildman–Crippen MR) is 85.4 cm³/mol. The van der Waals surface area contributed by atoms with Gasteiger partial charge in [0.2, 0.25) is 0 Å². The topological polar surface area (TPSA) is 71.3 Å². The largest absolute Gasteiger partial charge is 0.481 e. The third-order valence-corrected chi connectivity index (χ3v) is 3.72. The first kappa shape index (κ1) is 17.8. The van der Waals surface area contributed by atoms with E-state index in [1.807, 2.05) is 38.5 Å². The Morgan fingerprint density at radius 1 is 1.43 bits per heavy atom. The van der Waals surface area contributed by atoms with Gasteiger partial charge in [-0.1, -0.05) is 27.7 Å². The average Bonchev–Trinajstić information content (AvgIpc) is 2.68. The van der Waals surface area contributed by atoms with Crippen LogP contribution in [0.2, 0.25) is 0 Å². The molecule has 0 spiro atoms. The summed E-state index contributed by atoms with van der Waals surface area (Å²) in [5.41, 5.74) is 0.219. The Balaban J connectivity index is 2.94. The van der Waals surface area contributed by atoms with E-state index in [1.165, 1.54) is 0 Å². The number of aliphatic carboxylic acids is 1. The first-order chi connectivity index (χ1) is 9.65. The molecule has 0 bridgehead atoms. The van der Waals surface area contributed by atoms with Crippen LogP contribution in [0.4, 0.5) is 0 Å². The van der Waals surface area contributed by atoms with Crippen molar-refractivity contribution < 1.29 is 14.7 Å². The summed E-state index contributed by atoms with van der Waals surface area (Å²) in [6.07, 6.45) is 2.69. The molecule has 2 N–H and O–H groups in total. The van der Waals surface area contributed by atoms with Crippen molar-refractivity contribution in [3.8, 4) is 0 Å². The molecule has 0 aromatic carbocycles. The fraction of sp³-hybridized carbons (Fsp3) is 0.600. The van der Waals surface area contributed by atoms with Gasteiger partial charge in [0.25, 0.3) is 5.91 Å². The summed E-state index contributed by atoms with van der Waals surface area (Å²) in [4.78, 5) is 23.4. The molecule has 0 aliphatic rings. The summed E-state index contributed by atoms with van der Waals surface area (Å²) < 4.78 is 2.71. The van der Waals surface area contributed by atoms with Gasteiger partial charge in [0.1, 0.15) is 5.69 Å². The lowest BCUT2D eigenvalue weighted by atomic mass is 9.84. The van der Waals surface area contributed by atoms with E-state index in [0.29, 0.717) is 5.69 Å². The summed E-state index contributed by atoms with van der Waals surface area (Å²) in [6.45, 7) is 8.54. The molecule has 1 unspecified atom stereocenters. The highest BCUT2D eigenvalue weighted by Crippen LogP contribution is 2.23. The minimum absolute atomic E-state index is 0.0924. The van der Waals surface area contributed by atoms with Crippen molar-refractivity contribution in [3.05, 3.63) is 22.4 Å². The van der Waals surface area contributed by atoms with E-state index >= 15 is 0 Å². The van der Waals surface area contributed by atoms with Gasteiger partial charge < -0.3 is 15.0 Å². The highest BCUT2D eigenvalue weighted by atomic mass is 79.9. The maximum Gasteiger partial charge on any atom is 0.305 e. The lowest BCUT2D eigenvalue weighted by molar-refractivity contribution is -0.138. The van der Waals surface area contributed by atoms with Crippen LogP contribution in [-0.2, 0) is 11.3 Å². The zero-order valence-corrected chi connectivity index (χ0v) is 14.5. The summed E-state index contributed by atoms with van der Waals surface area (Å²) >= 11 is 3.37. The lowest BCUT2D eigenvalue weighted by Crippen LogP contribution is -2.45. The van der Waals surface area contributed by atoms with Crippen LogP contribution in [0.25, 0.3) is 0 Å². The first-order valence-corrected chi connectivity index (χ1v) is 7.82. The Labute approximate surface area is 133 Å². The molecule has 0 aliphatic heterocycles. The van der Waals surface area contributed by atoms with Crippen LogP contribution >= 0.6 is 15.9 Å². The molecular weight excluding hydrogens is 336 g/mol. The third-order valence-electron chi connectivity index (χ3n) is 3.29. The molecule has 6 heteroatoms. The maximum absolute atomic E-state index is 12.4. The van der Waals surface area contributed by atoms with Crippen molar-refractivity contribution in [1.29, 1.82) is 0 Å². The summed E-state index contributed by atoms with van der Waals surface area (Å²) in [7, 11) is 0. The van der Waals surface area contributed by atoms with E-state index < -0.39 is 12.0 Å². The van der Waals surface area contributed by atoms with Crippen LogP contribution in [0.3, 0.4) is 0 Å². The van der Waals surface area contributed by atoms with E-state index in [-0.39, 0.29) is 17.7 Å². The van der Waals surface area contributed by atoms with Gasteiger partial charge in [-0.2, -0.15) is 0 Å². The van der Waals surface area contributed by atoms with Gasteiger partial charge in [-0.15, -0.1) is 0 Å². The number of amides is 1. The van der Waals surface area contributed by atoms with Gasteiger partial charge in [0, 0.05) is 23.3 Å². The van der Waals surface area contributed by atoms with E-state index in [1.54, 1.807) is 6.07 Å². The number of aromatic nitrogens is 1. The molecule has 1 amide bonds. The van der Waals surface area contributed by atoms with Crippen molar-refractivity contribution in [2.24, 2.45) is 5.41 Å². The van der Waals surface area contributed by atoms with E-state index in [4.69, 9.17) is 5.11 Å². The number of hydrogen-bond acceptors (Lipinski definition) is 2. The number of carbonyl (C=O) groups is 2. The quantitative estimate of drug-likeness (QED) is 0.819. The Morgan fingerprint density at radius 2 is 2.05 bits per heavy atom. The third kappa shape index (κ3) is 5.19. The van der Waals surface area contributed by atoms with Crippen molar-refractivity contribution in [1.82, 2.24) is 9.88 Å². The second-order valence-corrected chi connectivity index (χ2v) is 7.14. The first-order valence-electron chi connectivity index (χ1n) is 7.03. The fourth-order valence-corrected chi connectivity index (χ4v) is 2.54. The number of aryl methyl sites for hydroxylation is 1. The molecule has 1 aromatic heterocycles. The van der Waals surface area contributed by atoms with Crippen molar-refractivity contribution in [2.75, 3.05) is 0 Å². The van der Waals surface area contributed by atoms with Crippen LogP contribution in [0.5, 0.6) is 0 Å². The molecule has 0 saturated heterocycles. The minimum atomic E-state index is -0.916. The van der Waals surface area contributed by atoms with Gasteiger partial charge in [-0.25, -0.2) is 0 Å². The zero-order chi connectivity index (χ0) is 16.2. The predicted octanol–water partition coefficient (Wildman–Crippen LogP) is 3.28. The number of nitrogens with one attached hydrogen (secondary N) is 1. The SMILES string of the molecule is CCCn1cc(Br)cc1C(=O)NC(CC(=O)O)C(C)(C)C. The van der Waals surface area contributed by atoms with E-state index in [9.17, 15) is 9.59 Å². The Kier molecular flexibility index (Phi) is 6.01. The van der Waals surface area contributed by atoms with E-state index in [0.717, 1.165) is 17.4 Å². The standard InChI is InChI=1S/C15H23BrN2O3/c1-5-6-18-9-10(16)7-11(18)14(21)17-12(8-13(19)20)15(2,3)4/h7,9,12H,5-6,8H2,1-4H3,(H,17,21)(H,19,20). The van der Waals surface area contributed by atoms with E-state index in [2.05, 4.69) is 21.2 Å². The summed E-state index contributed by atoms with van der Waals surface area (Å²) in [5, 5.41) is 11.9. The molecule has 5 nitrogen and oxygen atoms in total. The number of carboxylic acid groups (broad SMARTS) is 1. The van der Waals surface area contributed by atoms with Crippen LogP contribution in [-0.4, -0.2) is 27.6 Å². The van der Waals surface area contributed by atoms with Gasteiger partial charge in [-0.3, -0.25) is 9.59 Å². The van der Waals surface area contributed by atoms with Crippen LogP contribution < -0.4 is 5.32 Å². The number of halogens is 1. The minimum Gasteiger partial charge on any atom is -0.481 e. The Bertz CT molecular complexity index is 517.